The molecule has 8 nitrogen and oxygen atoms in total. The normalized spacial score (nSPS) is 16.9. The molecule has 1 atom stereocenters. The molecule has 0 bridgehead atoms. The van der Waals surface area contributed by atoms with Gasteiger partial charge in [-0.1, -0.05) is 0 Å². The predicted octanol–water partition coefficient (Wildman–Crippen LogP) is 3.00. The second-order valence-corrected chi connectivity index (χ2v) is 7.51. The number of pyridine rings is 2. The van der Waals surface area contributed by atoms with Crippen molar-refractivity contribution in [3.8, 4) is 0 Å². The third-order valence-corrected chi connectivity index (χ3v) is 5.11. The Hall–Kier alpha value is -3.47. The summed E-state index contributed by atoms with van der Waals surface area (Å²) in [5, 5.41) is 16.2. The van der Waals surface area contributed by atoms with Crippen molar-refractivity contribution in [2.45, 2.75) is 31.5 Å². The van der Waals surface area contributed by atoms with Gasteiger partial charge in [-0.3, -0.25) is 9.79 Å². The monoisotopic (exact) mass is 448 g/mol. The van der Waals surface area contributed by atoms with Crippen LogP contribution in [0, 0.1) is 5.92 Å². The Morgan fingerprint density at radius 1 is 1.25 bits per heavy atom. The molecule has 2 aromatic rings. The number of aromatic nitrogens is 2. The van der Waals surface area contributed by atoms with Crippen LogP contribution < -0.4 is 16.4 Å². The maximum absolute atomic E-state index is 12.8. The van der Waals surface area contributed by atoms with Gasteiger partial charge in [-0.25, -0.2) is 9.97 Å². The molecule has 3 rings (SSSR count). The number of nitrogens with zero attached hydrogens (tertiary/aromatic N) is 3. The zero-order valence-electron chi connectivity index (χ0n) is 17.4. The van der Waals surface area contributed by atoms with Crippen LogP contribution in [-0.2, 0) is 6.18 Å². The average molecular weight is 448 g/mol. The van der Waals surface area contributed by atoms with Crippen LogP contribution in [0.25, 0.3) is 0 Å². The first-order chi connectivity index (χ1) is 15.1. The Morgan fingerprint density at radius 2 is 1.97 bits per heavy atom. The Morgan fingerprint density at radius 3 is 2.50 bits per heavy atom. The van der Waals surface area contributed by atoms with Crippen molar-refractivity contribution in [1.29, 1.82) is 0 Å². The second-order valence-electron chi connectivity index (χ2n) is 7.51. The molecule has 0 aliphatic heterocycles. The Bertz CT molecular complexity index is 1040. The highest BCUT2D eigenvalue weighted by Gasteiger charge is 2.45. The molecule has 0 spiro atoms. The van der Waals surface area contributed by atoms with Gasteiger partial charge in [0, 0.05) is 31.2 Å². The fraction of sp³-hybridized carbons (Fsp3) is 0.333. The van der Waals surface area contributed by atoms with Gasteiger partial charge in [0.2, 0.25) is 0 Å². The number of anilines is 2. The van der Waals surface area contributed by atoms with Crippen molar-refractivity contribution in [3.63, 3.8) is 0 Å². The molecule has 170 valence electrons. The molecular formula is C21H23F3N6O2. The second kappa shape index (κ2) is 8.95. The quantitative estimate of drug-likeness (QED) is 0.483. The molecule has 2 heterocycles. The summed E-state index contributed by atoms with van der Waals surface area (Å²) >= 11 is 0. The number of nitrogens with one attached hydrogen (secondary N) is 2. The first kappa shape index (κ1) is 23.2. The van der Waals surface area contributed by atoms with Crippen LogP contribution in [0.4, 0.5) is 24.8 Å². The number of carbonyl (C=O) groups is 1. The van der Waals surface area contributed by atoms with Crippen molar-refractivity contribution < 1.29 is 23.1 Å². The SMILES string of the molecule is CN=C(C(=CN)NC(=O)c1ccnc(Nc2ccc(C(F)(F)F)cn2)c1)C(C)(O)C1CC1. The van der Waals surface area contributed by atoms with E-state index in [9.17, 15) is 23.1 Å². The first-order valence-corrected chi connectivity index (χ1v) is 9.76. The van der Waals surface area contributed by atoms with Crippen molar-refractivity contribution in [3.05, 3.63) is 59.7 Å². The van der Waals surface area contributed by atoms with E-state index >= 15 is 0 Å². The highest BCUT2D eigenvalue weighted by molar-refractivity contribution is 6.10. The number of alkyl halides is 3. The number of nitrogens with two attached hydrogens (primary N) is 1. The molecule has 1 fully saturated rings. The Labute approximate surface area is 182 Å². The lowest BCUT2D eigenvalue weighted by Gasteiger charge is -2.27. The zero-order chi connectivity index (χ0) is 23.5. The first-order valence-electron chi connectivity index (χ1n) is 9.76. The van der Waals surface area contributed by atoms with Crippen LogP contribution in [0.15, 0.2) is 53.5 Å². The van der Waals surface area contributed by atoms with E-state index in [-0.39, 0.29) is 34.5 Å². The van der Waals surface area contributed by atoms with Crippen molar-refractivity contribution >= 4 is 23.3 Å². The average Bonchev–Trinajstić information content (AvgIpc) is 3.59. The van der Waals surface area contributed by atoms with Crippen LogP contribution in [0.5, 0.6) is 0 Å². The van der Waals surface area contributed by atoms with Crippen molar-refractivity contribution in [2.24, 2.45) is 16.6 Å². The molecule has 1 aliphatic carbocycles. The van der Waals surface area contributed by atoms with E-state index in [2.05, 4.69) is 25.6 Å². The smallest absolute Gasteiger partial charge is 0.403 e. The molecule has 0 radical (unpaired) electrons. The predicted molar refractivity (Wildman–Crippen MR) is 113 cm³/mol. The number of halogens is 3. The number of amides is 1. The van der Waals surface area contributed by atoms with Gasteiger partial charge >= 0.3 is 6.18 Å². The molecule has 1 saturated carbocycles. The van der Waals surface area contributed by atoms with E-state index in [4.69, 9.17) is 5.73 Å². The van der Waals surface area contributed by atoms with Crippen molar-refractivity contribution in [1.82, 2.24) is 15.3 Å². The molecule has 1 unspecified atom stereocenters. The summed E-state index contributed by atoms with van der Waals surface area (Å²) in [5.74, 6) is -0.148. The molecule has 0 saturated heterocycles. The van der Waals surface area contributed by atoms with Gasteiger partial charge in [-0.05, 0) is 49.9 Å². The van der Waals surface area contributed by atoms with E-state index in [0.29, 0.717) is 6.20 Å². The molecule has 32 heavy (non-hydrogen) atoms. The lowest BCUT2D eigenvalue weighted by molar-refractivity contribution is -0.137. The van der Waals surface area contributed by atoms with Crippen molar-refractivity contribution in [2.75, 3.05) is 12.4 Å². The van der Waals surface area contributed by atoms with Crippen LogP contribution in [0.3, 0.4) is 0 Å². The summed E-state index contributed by atoms with van der Waals surface area (Å²) in [6.07, 6.45) is 0.464. The van der Waals surface area contributed by atoms with E-state index in [0.717, 1.165) is 25.0 Å². The highest BCUT2D eigenvalue weighted by atomic mass is 19.4. The van der Waals surface area contributed by atoms with Crippen LogP contribution in [0.2, 0.25) is 0 Å². The molecule has 11 heteroatoms. The van der Waals surface area contributed by atoms with Gasteiger partial charge in [0.1, 0.15) is 17.2 Å². The summed E-state index contributed by atoms with van der Waals surface area (Å²) in [6.45, 7) is 1.63. The summed E-state index contributed by atoms with van der Waals surface area (Å²) < 4.78 is 38.0. The molecule has 1 amide bonds. The molecule has 0 aromatic carbocycles. The fourth-order valence-electron chi connectivity index (χ4n) is 3.24. The Balaban J connectivity index is 1.73. The number of hydrogen-bond donors (Lipinski definition) is 4. The maximum Gasteiger partial charge on any atom is 0.417 e. The Kier molecular flexibility index (Phi) is 6.49. The summed E-state index contributed by atoms with van der Waals surface area (Å²) in [5.41, 5.74) is 4.25. The number of rotatable bonds is 7. The van der Waals surface area contributed by atoms with E-state index in [1.807, 2.05) is 0 Å². The number of aliphatic imine (C=N–C) groups is 1. The van der Waals surface area contributed by atoms with Gasteiger partial charge in [0.25, 0.3) is 5.91 Å². The lowest BCUT2D eigenvalue weighted by atomic mass is 9.91. The standard InChI is InChI=1S/C21H23F3N6O2/c1-20(32,13-3-4-13)18(26-2)15(10-25)29-19(31)12-7-8-27-17(9-12)30-16-6-5-14(11-28-16)21(22,23)24/h5-11,13,32H,3-4,25H2,1-2H3,(H,29,31)(H,27,28,30). The van der Waals surface area contributed by atoms with Gasteiger partial charge in [-0.2, -0.15) is 13.2 Å². The van der Waals surface area contributed by atoms with Crippen LogP contribution >= 0.6 is 0 Å². The largest absolute Gasteiger partial charge is 0.417 e. The molecule has 5 N–H and O–H groups in total. The molecule has 2 aromatic heterocycles. The van der Waals surface area contributed by atoms with Gasteiger partial charge in [0.15, 0.2) is 0 Å². The molecular weight excluding hydrogens is 425 g/mol. The minimum atomic E-state index is -4.49. The fourth-order valence-corrected chi connectivity index (χ4v) is 3.24. The number of aliphatic hydroxyl groups is 1. The van der Waals surface area contributed by atoms with Gasteiger partial charge < -0.3 is 21.5 Å². The number of carbonyl (C=O) groups excluding carboxylic acids is 1. The van der Waals surface area contributed by atoms with E-state index in [1.54, 1.807) is 6.92 Å². The lowest BCUT2D eigenvalue weighted by Crippen LogP contribution is -2.43. The highest BCUT2D eigenvalue weighted by Crippen LogP contribution is 2.41. The third-order valence-electron chi connectivity index (χ3n) is 5.11. The van der Waals surface area contributed by atoms with E-state index < -0.39 is 23.2 Å². The summed E-state index contributed by atoms with van der Waals surface area (Å²) in [6, 6.07) is 4.92. The van der Waals surface area contributed by atoms with Gasteiger partial charge in [-0.15, -0.1) is 0 Å². The third kappa shape index (κ3) is 5.22. The summed E-state index contributed by atoms with van der Waals surface area (Å²) in [4.78, 5) is 24.7. The van der Waals surface area contributed by atoms with E-state index in [1.165, 1.54) is 31.6 Å². The molecule has 1 aliphatic rings. The minimum Gasteiger partial charge on any atom is -0.403 e. The maximum atomic E-state index is 12.8. The van der Waals surface area contributed by atoms with Crippen LogP contribution in [-0.4, -0.2) is 39.3 Å². The minimum absolute atomic E-state index is 0.0426. The summed E-state index contributed by atoms with van der Waals surface area (Å²) in [7, 11) is 1.51. The van der Waals surface area contributed by atoms with Gasteiger partial charge in [0.05, 0.1) is 17.0 Å². The van der Waals surface area contributed by atoms with Crippen LogP contribution in [0.1, 0.15) is 35.7 Å². The zero-order valence-corrected chi connectivity index (χ0v) is 17.4. The topological polar surface area (TPSA) is 126 Å². The number of hydrogen-bond acceptors (Lipinski definition) is 7.